The summed E-state index contributed by atoms with van der Waals surface area (Å²) in [5.41, 5.74) is 0.893. The SMILES string of the molecule is Cc1ccc(OCCCCC(C)(C)C#N)c(Cl)c1. The second kappa shape index (κ2) is 6.66. The molecule has 0 N–H and O–H groups in total. The third-order valence-electron chi connectivity index (χ3n) is 2.84. The van der Waals surface area contributed by atoms with Crippen molar-refractivity contribution < 1.29 is 4.74 Å². The summed E-state index contributed by atoms with van der Waals surface area (Å²) in [4.78, 5) is 0. The van der Waals surface area contributed by atoms with E-state index in [4.69, 9.17) is 21.6 Å². The maximum atomic E-state index is 8.89. The molecule has 0 aromatic heterocycles. The van der Waals surface area contributed by atoms with Crippen LogP contribution in [0.4, 0.5) is 0 Å². The van der Waals surface area contributed by atoms with Gasteiger partial charge in [-0.2, -0.15) is 5.26 Å². The summed E-state index contributed by atoms with van der Waals surface area (Å²) < 4.78 is 5.63. The first kappa shape index (κ1) is 14.9. The van der Waals surface area contributed by atoms with Crippen LogP contribution in [0.2, 0.25) is 5.02 Å². The summed E-state index contributed by atoms with van der Waals surface area (Å²) in [6.07, 6.45) is 2.83. The average Bonchev–Trinajstić information content (AvgIpc) is 2.31. The number of benzene rings is 1. The normalized spacial score (nSPS) is 11.1. The van der Waals surface area contributed by atoms with Gasteiger partial charge in [-0.3, -0.25) is 0 Å². The van der Waals surface area contributed by atoms with Gasteiger partial charge in [-0.25, -0.2) is 0 Å². The van der Waals surface area contributed by atoms with Crippen molar-refractivity contribution in [2.24, 2.45) is 5.41 Å². The first-order chi connectivity index (χ1) is 8.44. The summed E-state index contributed by atoms with van der Waals surface area (Å²) in [7, 11) is 0. The van der Waals surface area contributed by atoms with E-state index in [2.05, 4.69) is 6.07 Å². The van der Waals surface area contributed by atoms with Gasteiger partial charge in [-0.15, -0.1) is 0 Å². The van der Waals surface area contributed by atoms with Crippen molar-refractivity contribution in [2.45, 2.75) is 40.0 Å². The molecule has 0 fully saturated rings. The van der Waals surface area contributed by atoms with E-state index in [0.717, 1.165) is 30.6 Å². The van der Waals surface area contributed by atoms with Crippen LogP contribution in [0.25, 0.3) is 0 Å². The largest absolute Gasteiger partial charge is 0.492 e. The smallest absolute Gasteiger partial charge is 0.137 e. The second-order valence-corrected chi connectivity index (χ2v) is 5.64. The monoisotopic (exact) mass is 265 g/mol. The average molecular weight is 266 g/mol. The third kappa shape index (κ3) is 4.98. The molecule has 0 saturated carbocycles. The molecule has 1 rings (SSSR count). The lowest BCUT2D eigenvalue weighted by Gasteiger charge is -2.14. The first-order valence-corrected chi connectivity index (χ1v) is 6.62. The van der Waals surface area contributed by atoms with Crippen molar-refractivity contribution in [1.82, 2.24) is 0 Å². The lowest BCUT2D eigenvalue weighted by molar-refractivity contribution is 0.295. The van der Waals surface area contributed by atoms with Gasteiger partial charge in [0.05, 0.1) is 23.1 Å². The Bertz CT molecular complexity index is 435. The van der Waals surface area contributed by atoms with Crippen molar-refractivity contribution in [3.05, 3.63) is 28.8 Å². The van der Waals surface area contributed by atoms with Gasteiger partial charge >= 0.3 is 0 Å². The third-order valence-corrected chi connectivity index (χ3v) is 3.14. The molecule has 0 radical (unpaired) electrons. The molecule has 98 valence electrons. The lowest BCUT2D eigenvalue weighted by atomic mass is 9.89. The van der Waals surface area contributed by atoms with Gasteiger partial charge in [0, 0.05) is 0 Å². The number of hydrogen-bond donors (Lipinski definition) is 0. The van der Waals surface area contributed by atoms with E-state index >= 15 is 0 Å². The van der Waals surface area contributed by atoms with E-state index in [-0.39, 0.29) is 5.41 Å². The highest BCUT2D eigenvalue weighted by Crippen LogP contribution is 2.26. The second-order valence-electron chi connectivity index (χ2n) is 5.24. The fourth-order valence-electron chi connectivity index (χ4n) is 1.63. The number of unbranched alkanes of at least 4 members (excludes halogenated alkanes) is 1. The Kier molecular flexibility index (Phi) is 5.50. The van der Waals surface area contributed by atoms with Crippen LogP contribution in [0.5, 0.6) is 5.75 Å². The van der Waals surface area contributed by atoms with Gasteiger partial charge in [0.15, 0.2) is 0 Å². The molecule has 1 aromatic rings. The molecule has 0 spiro atoms. The molecule has 0 heterocycles. The molecule has 0 unspecified atom stereocenters. The highest BCUT2D eigenvalue weighted by molar-refractivity contribution is 6.32. The number of ether oxygens (including phenoxy) is 1. The quantitative estimate of drug-likeness (QED) is 0.696. The minimum atomic E-state index is -0.235. The van der Waals surface area contributed by atoms with E-state index in [0.29, 0.717) is 11.6 Å². The molecule has 3 heteroatoms. The van der Waals surface area contributed by atoms with Crippen LogP contribution in [0, 0.1) is 23.7 Å². The number of hydrogen-bond acceptors (Lipinski definition) is 2. The lowest BCUT2D eigenvalue weighted by Crippen LogP contribution is -2.08. The molecule has 18 heavy (non-hydrogen) atoms. The van der Waals surface area contributed by atoms with Crippen LogP contribution >= 0.6 is 11.6 Å². The molecule has 0 saturated heterocycles. The fraction of sp³-hybridized carbons (Fsp3) is 0.533. The molecule has 0 aliphatic carbocycles. The van der Waals surface area contributed by atoms with Crippen LogP contribution in [0.1, 0.15) is 38.7 Å². The summed E-state index contributed by atoms with van der Waals surface area (Å²) >= 11 is 6.07. The minimum Gasteiger partial charge on any atom is -0.492 e. The van der Waals surface area contributed by atoms with Crippen LogP contribution in [0.3, 0.4) is 0 Å². The Morgan fingerprint density at radius 3 is 2.67 bits per heavy atom. The highest BCUT2D eigenvalue weighted by atomic mass is 35.5. The van der Waals surface area contributed by atoms with Gasteiger partial charge in [-0.1, -0.05) is 17.7 Å². The molecule has 0 aliphatic rings. The molecule has 0 atom stereocenters. The fourth-order valence-corrected chi connectivity index (χ4v) is 1.92. The molecular weight excluding hydrogens is 246 g/mol. The Labute approximate surface area is 115 Å². The summed E-state index contributed by atoms with van der Waals surface area (Å²) in [5.74, 6) is 0.738. The maximum absolute atomic E-state index is 8.89. The number of rotatable bonds is 6. The zero-order chi connectivity index (χ0) is 13.6. The number of nitriles is 1. The van der Waals surface area contributed by atoms with Crippen molar-refractivity contribution >= 4 is 11.6 Å². The van der Waals surface area contributed by atoms with Crippen molar-refractivity contribution in [2.75, 3.05) is 6.61 Å². The van der Waals surface area contributed by atoms with Crippen LogP contribution in [-0.4, -0.2) is 6.61 Å². The molecule has 0 aliphatic heterocycles. The Hall–Kier alpha value is -1.20. The number of nitrogens with zero attached hydrogens (tertiary/aromatic N) is 1. The summed E-state index contributed by atoms with van der Waals surface area (Å²) in [6.45, 7) is 6.57. The van der Waals surface area contributed by atoms with Crippen LogP contribution in [-0.2, 0) is 0 Å². The zero-order valence-corrected chi connectivity index (χ0v) is 12.0. The van der Waals surface area contributed by atoms with E-state index in [1.54, 1.807) is 0 Å². The first-order valence-electron chi connectivity index (χ1n) is 6.25. The minimum absolute atomic E-state index is 0.235. The van der Waals surface area contributed by atoms with E-state index in [1.165, 1.54) is 0 Å². The van der Waals surface area contributed by atoms with E-state index in [1.807, 2.05) is 39.0 Å². The molecule has 1 aromatic carbocycles. The Morgan fingerprint density at radius 2 is 2.06 bits per heavy atom. The predicted molar refractivity (Wildman–Crippen MR) is 74.9 cm³/mol. The van der Waals surface area contributed by atoms with Gasteiger partial charge in [-0.05, 0) is 57.7 Å². The standard InChI is InChI=1S/C15H20ClNO/c1-12-6-7-14(13(16)10-12)18-9-5-4-8-15(2,3)11-17/h6-7,10H,4-5,8-9H2,1-3H3. The molecule has 0 bridgehead atoms. The number of aryl methyl sites for hydroxylation is 1. The predicted octanol–water partition coefficient (Wildman–Crippen LogP) is 4.75. The van der Waals surface area contributed by atoms with E-state index < -0.39 is 0 Å². The van der Waals surface area contributed by atoms with Crippen molar-refractivity contribution in [3.8, 4) is 11.8 Å². The molecular formula is C15H20ClNO. The Morgan fingerprint density at radius 1 is 1.33 bits per heavy atom. The molecule has 2 nitrogen and oxygen atoms in total. The Balaban J connectivity index is 2.29. The van der Waals surface area contributed by atoms with Crippen molar-refractivity contribution in [1.29, 1.82) is 5.26 Å². The maximum Gasteiger partial charge on any atom is 0.137 e. The van der Waals surface area contributed by atoms with Gasteiger partial charge in [0.25, 0.3) is 0 Å². The van der Waals surface area contributed by atoms with Gasteiger partial charge < -0.3 is 4.74 Å². The number of halogens is 1. The van der Waals surface area contributed by atoms with Gasteiger partial charge in [0.2, 0.25) is 0 Å². The van der Waals surface area contributed by atoms with Gasteiger partial charge in [0.1, 0.15) is 5.75 Å². The molecule has 0 amide bonds. The summed E-state index contributed by atoms with van der Waals surface area (Å²) in [6, 6.07) is 8.09. The van der Waals surface area contributed by atoms with Crippen molar-refractivity contribution in [3.63, 3.8) is 0 Å². The topological polar surface area (TPSA) is 33.0 Å². The summed E-state index contributed by atoms with van der Waals surface area (Å²) in [5, 5.41) is 9.55. The zero-order valence-electron chi connectivity index (χ0n) is 11.3. The highest BCUT2D eigenvalue weighted by Gasteiger charge is 2.15. The van der Waals surface area contributed by atoms with Crippen LogP contribution < -0.4 is 4.74 Å². The van der Waals surface area contributed by atoms with Crippen LogP contribution in [0.15, 0.2) is 18.2 Å². The van der Waals surface area contributed by atoms with E-state index in [9.17, 15) is 0 Å².